The van der Waals surface area contributed by atoms with Gasteiger partial charge in [0.25, 0.3) is 0 Å². The molecule has 2 saturated carbocycles. The van der Waals surface area contributed by atoms with Crippen LogP contribution in [0.3, 0.4) is 0 Å². The van der Waals surface area contributed by atoms with Crippen molar-refractivity contribution in [3.05, 3.63) is 0 Å². The lowest BCUT2D eigenvalue weighted by Gasteiger charge is -2.45. The fourth-order valence-electron chi connectivity index (χ4n) is 3.70. The van der Waals surface area contributed by atoms with Crippen LogP contribution >= 0.6 is 0 Å². The molecule has 3 rings (SSSR count). The molecule has 1 saturated heterocycles. The van der Waals surface area contributed by atoms with E-state index in [1.54, 1.807) is 0 Å². The van der Waals surface area contributed by atoms with Crippen molar-refractivity contribution < 1.29 is 9.47 Å². The fraction of sp³-hybridized carbons (Fsp3) is 1.00. The molecule has 0 radical (unpaired) electrons. The highest BCUT2D eigenvalue weighted by Crippen LogP contribution is 2.39. The van der Waals surface area contributed by atoms with Gasteiger partial charge in [-0.05, 0) is 38.8 Å². The van der Waals surface area contributed by atoms with Crippen molar-refractivity contribution in [1.82, 2.24) is 10.2 Å². The molecule has 110 valence electrons. The summed E-state index contributed by atoms with van der Waals surface area (Å²) >= 11 is 0. The van der Waals surface area contributed by atoms with E-state index in [4.69, 9.17) is 9.47 Å². The highest BCUT2D eigenvalue weighted by Gasteiger charge is 2.46. The Morgan fingerprint density at radius 2 is 1.95 bits per heavy atom. The third kappa shape index (κ3) is 3.13. The maximum Gasteiger partial charge on any atom is 0.170 e. The SMILES string of the molecule is CCNC1CCC2(CC1N(C)CC1CC1)OCCO2. The molecule has 2 unspecified atom stereocenters. The number of nitrogens with one attached hydrogen (secondary N) is 1. The molecule has 2 aliphatic carbocycles. The van der Waals surface area contributed by atoms with Crippen molar-refractivity contribution in [2.75, 3.05) is 33.4 Å². The standard InChI is InChI=1S/C15H28N2O2/c1-3-16-13-6-7-15(18-8-9-19-15)10-14(13)17(2)11-12-4-5-12/h12-14,16H,3-11H2,1-2H3. The molecule has 0 bridgehead atoms. The first-order chi connectivity index (χ1) is 9.22. The molecular formula is C15H28N2O2. The molecule has 0 amide bonds. The Hall–Kier alpha value is -0.160. The van der Waals surface area contributed by atoms with E-state index in [1.807, 2.05) is 0 Å². The number of nitrogens with zero attached hydrogens (tertiary/aromatic N) is 1. The fourth-order valence-corrected chi connectivity index (χ4v) is 3.70. The Morgan fingerprint density at radius 3 is 2.58 bits per heavy atom. The summed E-state index contributed by atoms with van der Waals surface area (Å²) in [6, 6.07) is 1.14. The molecular weight excluding hydrogens is 240 g/mol. The lowest BCUT2D eigenvalue weighted by molar-refractivity contribution is -0.192. The minimum Gasteiger partial charge on any atom is -0.347 e. The number of hydrogen-bond donors (Lipinski definition) is 1. The molecule has 1 aliphatic heterocycles. The van der Waals surface area contributed by atoms with Gasteiger partial charge in [0.05, 0.1) is 13.2 Å². The molecule has 4 nitrogen and oxygen atoms in total. The Kier molecular flexibility index (Phi) is 4.13. The predicted octanol–water partition coefficient (Wildman–Crippen LogP) is 1.60. The van der Waals surface area contributed by atoms with E-state index < -0.39 is 0 Å². The molecule has 1 heterocycles. The van der Waals surface area contributed by atoms with Gasteiger partial charge in [0.15, 0.2) is 5.79 Å². The Labute approximate surface area is 116 Å². The van der Waals surface area contributed by atoms with E-state index in [0.717, 1.165) is 44.9 Å². The van der Waals surface area contributed by atoms with E-state index in [-0.39, 0.29) is 5.79 Å². The summed E-state index contributed by atoms with van der Waals surface area (Å²) in [5.74, 6) is 0.671. The van der Waals surface area contributed by atoms with Crippen LogP contribution in [-0.2, 0) is 9.47 Å². The number of ether oxygens (including phenoxy) is 2. The summed E-state index contributed by atoms with van der Waals surface area (Å²) in [6.07, 6.45) is 6.06. The number of rotatable bonds is 5. The van der Waals surface area contributed by atoms with Crippen molar-refractivity contribution in [2.45, 2.75) is 56.9 Å². The highest BCUT2D eigenvalue weighted by atomic mass is 16.7. The Balaban J connectivity index is 1.65. The second kappa shape index (κ2) is 5.68. The van der Waals surface area contributed by atoms with E-state index in [1.165, 1.54) is 19.4 Å². The maximum atomic E-state index is 5.93. The first-order valence-electron chi connectivity index (χ1n) is 7.94. The van der Waals surface area contributed by atoms with Crippen molar-refractivity contribution in [1.29, 1.82) is 0 Å². The first-order valence-corrected chi connectivity index (χ1v) is 7.94. The van der Waals surface area contributed by atoms with Crippen LogP contribution in [0.15, 0.2) is 0 Å². The molecule has 0 aromatic rings. The van der Waals surface area contributed by atoms with Gasteiger partial charge in [-0.2, -0.15) is 0 Å². The molecule has 1 spiro atoms. The zero-order valence-electron chi connectivity index (χ0n) is 12.4. The van der Waals surface area contributed by atoms with Crippen LogP contribution in [0.4, 0.5) is 0 Å². The van der Waals surface area contributed by atoms with Crippen molar-refractivity contribution >= 4 is 0 Å². The molecule has 3 aliphatic rings. The number of likely N-dealkylation sites (N-methyl/N-ethyl adjacent to an activating group) is 2. The molecule has 1 N–H and O–H groups in total. The van der Waals surface area contributed by atoms with Crippen molar-refractivity contribution in [3.63, 3.8) is 0 Å². The van der Waals surface area contributed by atoms with Gasteiger partial charge < -0.3 is 19.7 Å². The summed E-state index contributed by atoms with van der Waals surface area (Å²) in [5.41, 5.74) is 0. The lowest BCUT2D eigenvalue weighted by Crippen LogP contribution is -2.57. The Morgan fingerprint density at radius 1 is 1.21 bits per heavy atom. The highest BCUT2D eigenvalue weighted by molar-refractivity contribution is 4.96. The largest absolute Gasteiger partial charge is 0.347 e. The van der Waals surface area contributed by atoms with Gasteiger partial charge >= 0.3 is 0 Å². The topological polar surface area (TPSA) is 33.7 Å². The van der Waals surface area contributed by atoms with Crippen LogP contribution in [0.25, 0.3) is 0 Å². The van der Waals surface area contributed by atoms with Crippen LogP contribution in [0.1, 0.15) is 39.0 Å². The summed E-state index contributed by atoms with van der Waals surface area (Å²) in [4.78, 5) is 2.55. The minimum atomic E-state index is -0.269. The van der Waals surface area contributed by atoms with Crippen molar-refractivity contribution in [3.8, 4) is 0 Å². The van der Waals surface area contributed by atoms with E-state index >= 15 is 0 Å². The Bertz CT molecular complexity index is 301. The normalized spacial score (nSPS) is 34.3. The molecule has 0 aromatic heterocycles. The molecule has 4 heteroatoms. The van der Waals surface area contributed by atoms with E-state index in [9.17, 15) is 0 Å². The van der Waals surface area contributed by atoms with Crippen LogP contribution < -0.4 is 5.32 Å². The van der Waals surface area contributed by atoms with Crippen LogP contribution in [-0.4, -0.2) is 56.1 Å². The zero-order chi connectivity index (χ0) is 13.3. The summed E-state index contributed by atoms with van der Waals surface area (Å²) in [5, 5.41) is 3.66. The first kappa shape index (κ1) is 13.8. The summed E-state index contributed by atoms with van der Waals surface area (Å²) in [6.45, 7) is 6.02. The van der Waals surface area contributed by atoms with E-state index in [2.05, 4.69) is 24.2 Å². The molecule has 0 aromatic carbocycles. The molecule has 2 atom stereocenters. The molecule has 19 heavy (non-hydrogen) atoms. The van der Waals surface area contributed by atoms with Gasteiger partial charge in [-0.1, -0.05) is 6.92 Å². The van der Waals surface area contributed by atoms with E-state index in [0.29, 0.717) is 12.1 Å². The van der Waals surface area contributed by atoms with Gasteiger partial charge in [0.2, 0.25) is 0 Å². The van der Waals surface area contributed by atoms with Crippen LogP contribution in [0, 0.1) is 5.92 Å². The van der Waals surface area contributed by atoms with Gasteiger partial charge in [0.1, 0.15) is 0 Å². The number of hydrogen-bond acceptors (Lipinski definition) is 4. The smallest absolute Gasteiger partial charge is 0.170 e. The van der Waals surface area contributed by atoms with Gasteiger partial charge in [-0.3, -0.25) is 0 Å². The van der Waals surface area contributed by atoms with Gasteiger partial charge in [0, 0.05) is 31.5 Å². The minimum absolute atomic E-state index is 0.269. The maximum absolute atomic E-state index is 5.93. The van der Waals surface area contributed by atoms with Gasteiger partial charge in [-0.25, -0.2) is 0 Å². The monoisotopic (exact) mass is 268 g/mol. The predicted molar refractivity (Wildman–Crippen MR) is 75.1 cm³/mol. The quantitative estimate of drug-likeness (QED) is 0.821. The summed E-state index contributed by atoms with van der Waals surface area (Å²) in [7, 11) is 2.28. The second-order valence-corrected chi connectivity index (χ2v) is 6.46. The van der Waals surface area contributed by atoms with Gasteiger partial charge in [-0.15, -0.1) is 0 Å². The van der Waals surface area contributed by atoms with Crippen LogP contribution in [0.5, 0.6) is 0 Å². The third-order valence-electron chi connectivity index (χ3n) is 4.91. The van der Waals surface area contributed by atoms with Crippen LogP contribution in [0.2, 0.25) is 0 Å². The van der Waals surface area contributed by atoms with Crippen molar-refractivity contribution in [2.24, 2.45) is 5.92 Å². The molecule has 3 fully saturated rings. The second-order valence-electron chi connectivity index (χ2n) is 6.46. The summed E-state index contributed by atoms with van der Waals surface area (Å²) < 4.78 is 11.9. The zero-order valence-corrected chi connectivity index (χ0v) is 12.4. The lowest BCUT2D eigenvalue weighted by atomic mass is 9.84. The third-order valence-corrected chi connectivity index (χ3v) is 4.91. The average molecular weight is 268 g/mol. The average Bonchev–Trinajstić information content (AvgIpc) is 3.11.